The zero-order valence-corrected chi connectivity index (χ0v) is 8.92. The number of aliphatic hydroxyl groups is 1. The Balaban J connectivity index is 2.75. The van der Waals surface area contributed by atoms with Crippen LogP contribution in [0.25, 0.3) is 0 Å². The molecule has 0 aromatic heterocycles. The Bertz CT molecular complexity index is 273. The van der Waals surface area contributed by atoms with Crippen LogP contribution in [0.1, 0.15) is 32.6 Å². The first kappa shape index (κ1) is 13.3. The van der Waals surface area contributed by atoms with Crippen LogP contribution in [0.4, 0.5) is 13.2 Å². The molecule has 3 nitrogen and oxygen atoms in total. The standard InChI is InChI=1S/C10H15F3O3/c1-9(16,8(14)15)6-3-2-4-7(5-6)10(11,12)13/h6-7,16H,2-5H2,1H3,(H,14,15). The molecule has 0 spiro atoms. The van der Waals surface area contributed by atoms with Gasteiger partial charge in [-0.3, -0.25) is 0 Å². The van der Waals surface area contributed by atoms with Crippen molar-refractivity contribution in [3.63, 3.8) is 0 Å². The quantitative estimate of drug-likeness (QED) is 0.777. The van der Waals surface area contributed by atoms with Crippen LogP contribution in [-0.4, -0.2) is 28.0 Å². The van der Waals surface area contributed by atoms with Gasteiger partial charge in [0.05, 0.1) is 5.92 Å². The fourth-order valence-corrected chi connectivity index (χ4v) is 2.17. The number of carbonyl (C=O) groups is 1. The SMILES string of the molecule is CC(O)(C(=O)O)C1CCCC(C(F)(F)F)C1. The van der Waals surface area contributed by atoms with Crippen LogP contribution in [0.5, 0.6) is 0 Å². The highest BCUT2D eigenvalue weighted by molar-refractivity contribution is 5.76. The minimum Gasteiger partial charge on any atom is -0.479 e. The van der Waals surface area contributed by atoms with Gasteiger partial charge in [0.25, 0.3) is 0 Å². The number of carboxylic acids is 1. The highest BCUT2D eigenvalue weighted by atomic mass is 19.4. The number of halogens is 3. The summed E-state index contributed by atoms with van der Waals surface area (Å²) in [6, 6.07) is 0. The molecule has 1 aliphatic carbocycles. The maximum Gasteiger partial charge on any atom is 0.391 e. The topological polar surface area (TPSA) is 57.5 Å². The molecule has 0 radical (unpaired) electrons. The van der Waals surface area contributed by atoms with Crippen LogP contribution in [0, 0.1) is 11.8 Å². The molecule has 1 saturated carbocycles. The first-order valence-electron chi connectivity index (χ1n) is 5.18. The predicted molar refractivity (Wildman–Crippen MR) is 49.8 cm³/mol. The van der Waals surface area contributed by atoms with Crippen molar-refractivity contribution in [2.24, 2.45) is 11.8 Å². The average Bonchev–Trinajstić information content (AvgIpc) is 2.16. The summed E-state index contributed by atoms with van der Waals surface area (Å²) in [5.74, 6) is -3.78. The fraction of sp³-hybridized carbons (Fsp3) is 0.900. The molecule has 3 atom stereocenters. The summed E-state index contributed by atoms with van der Waals surface area (Å²) >= 11 is 0. The highest BCUT2D eigenvalue weighted by Crippen LogP contribution is 2.43. The van der Waals surface area contributed by atoms with Crippen molar-refractivity contribution >= 4 is 5.97 Å². The van der Waals surface area contributed by atoms with Gasteiger partial charge in [-0.15, -0.1) is 0 Å². The van der Waals surface area contributed by atoms with Gasteiger partial charge in [-0.2, -0.15) is 13.2 Å². The minimum absolute atomic E-state index is 0.0235. The monoisotopic (exact) mass is 240 g/mol. The molecular formula is C10H15F3O3. The largest absolute Gasteiger partial charge is 0.479 e. The van der Waals surface area contributed by atoms with Gasteiger partial charge >= 0.3 is 12.1 Å². The van der Waals surface area contributed by atoms with Gasteiger partial charge in [-0.25, -0.2) is 4.79 Å². The van der Waals surface area contributed by atoms with E-state index < -0.39 is 29.6 Å². The Morgan fingerprint density at radius 3 is 2.19 bits per heavy atom. The lowest BCUT2D eigenvalue weighted by atomic mass is 9.73. The van der Waals surface area contributed by atoms with Crippen molar-refractivity contribution in [3.05, 3.63) is 0 Å². The van der Waals surface area contributed by atoms with Crippen molar-refractivity contribution in [2.45, 2.75) is 44.4 Å². The third-order valence-electron chi connectivity index (χ3n) is 3.37. The van der Waals surface area contributed by atoms with Gasteiger partial charge in [-0.1, -0.05) is 6.42 Å². The van der Waals surface area contributed by atoms with E-state index in [-0.39, 0.29) is 12.8 Å². The Kier molecular flexibility index (Phi) is 3.52. The molecule has 3 unspecified atom stereocenters. The zero-order valence-electron chi connectivity index (χ0n) is 8.92. The van der Waals surface area contributed by atoms with Gasteiger partial charge in [0.2, 0.25) is 0 Å². The fourth-order valence-electron chi connectivity index (χ4n) is 2.17. The Labute approximate surface area is 91.3 Å². The summed E-state index contributed by atoms with van der Waals surface area (Å²) in [5, 5.41) is 18.4. The molecule has 94 valence electrons. The molecule has 0 aromatic rings. The second-order valence-electron chi connectivity index (χ2n) is 4.55. The van der Waals surface area contributed by atoms with Gasteiger partial charge in [-0.05, 0) is 32.1 Å². The van der Waals surface area contributed by atoms with Crippen LogP contribution in [0.3, 0.4) is 0 Å². The molecule has 0 heterocycles. The summed E-state index contributed by atoms with van der Waals surface area (Å²) in [7, 11) is 0. The molecule has 0 amide bonds. The summed E-state index contributed by atoms with van der Waals surface area (Å²) in [4.78, 5) is 10.7. The molecule has 16 heavy (non-hydrogen) atoms. The number of rotatable bonds is 2. The maximum absolute atomic E-state index is 12.5. The summed E-state index contributed by atoms with van der Waals surface area (Å²) in [6.45, 7) is 1.07. The lowest BCUT2D eigenvalue weighted by molar-refractivity contribution is -0.197. The number of aliphatic carboxylic acids is 1. The van der Waals surface area contributed by atoms with E-state index in [0.29, 0.717) is 12.8 Å². The molecule has 6 heteroatoms. The third-order valence-corrected chi connectivity index (χ3v) is 3.37. The first-order chi connectivity index (χ1) is 7.15. The maximum atomic E-state index is 12.5. The third kappa shape index (κ3) is 2.66. The van der Waals surface area contributed by atoms with Crippen molar-refractivity contribution in [1.82, 2.24) is 0 Å². The summed E-state index contributed by atoms with van der Waals surface area (Å²) in [6.07, 6.45) is -3.95. The van der Waals surface area contributed by atoms with Gasteiger partial charge in [0.15, 0.2) is 5.60 Å². The van der Waals surface area contributed by atoms with Crippen molar-refractivity contribution < 1.29 is 28.2 Å². The van der Waals surface area contributed by atoms with E-state index in [4.69, 9.17) is 5.11 Å². The second-order valence-corrected chi connectivity index (χ2v) is 4.55. The molecule has 0 saturated heterocycles. The average molecular weight is 240 g/mol. The van der Waals surface area contributed by atoms with Crippen LogP contribution in [0.2, 0.25) is 0 Å². The van der Waals surface area contributed by atoms with E-state index in [1.807, 2.05) is 0 Å². The molecule has 1 fully saturated rings. The van der Waals surface area contributed by atoms with Gasteiger partial charge in [0, 0.05) is 0 Å². The van der Waals surface area contributed by atoms with E-state index >= 15 is 0 Å². The highest BCUT2D eigenvalue weighted by Gasteiger charge is 2.48. The Hall–Kier alpha value is -0.780. The molecule has 0 bridgehead atoms. The van der Waals surface area contributed by atoms with Gasteiger partial charge in [0.1, 0.15) is 0 Å². The van der Waals surface area contributed by atoms with Crippen molar-refractivity contribution in [3.8, 4) is 0 Å². The number of alkyl halides is 3. The van der Waals surface area contributed by atoms with E-state index in [2.05, 4.69) is 0 Å². The van der Waals surface area contributed by atoms with Crippen LogP contribution < -0.4 is 0 Å². The van der Waals surface area contributed by atoms with Crippen LogP contribution in [-0.2, 0) is 4.79 Å². The van der Waals surface area contributed by atoms with E-state index in [1.54, 1.807) is 0 Å². The van der Waals surface area contributed by atoms with E-state index in [9.17, 15) is 23.1 Å². The van der Waals surface area contributed by atoms with E-state index in [1.165, 1.54) is 0 Å². The number of hydrogen-bond donors (Lipinski definition) is 2. The molecule has 2 N–H and O–H groups in total. The lowest BCUT2D eigenvalue weighted by Gasteiger charge is -2.36. The molecule has 0 aliphatic heterocycles. The first-order valence-corrected chi connectivity index (χ1v) is 5.18. The summed E-state index contributed by atoms with van der Waals surface area (Å²) in [5.41, 5.74) is -2.07. The predicted octanol–water partition coefficient (Wildman–Crippen LogP) is 2.19. The zero-order chi connectivity index (χ0) is 12.6. The minimum atomic E-state index is -4.30. The van der Waals surface area contributed by atoms with Crippen LogP contribution >= 0.6 is 0 Å². The Morgan fingerprint density at radius 1 is 1.25 bits per heavy atom. The molecule has 1 aliphatic rings. The molecule has 1 rings (SSSR count). The molecule has 0 aromatic carbocycles. The smallest absolute Gasteiger partial charge is 0.391 e. The Morgan fingerprint density at radius 2 is 1.75 bits per heavy atom. The molecular weight excluding hydrogens is 225 g/mol. The second kappa shape index (κ2) is 4.24. The van der Waals surface area contributed by atoms with Crippen LogP contribution in [0.15, 0.2) is 0 Å². The lowest BCUT2D eigenvalue weighted by Crippen LogP contribution is -2.46. The summed E-state index contributed by atoms with van der Waals surface area (Å²) < 4.78 is 37.4. The van der Waals surface area contributed by atoms with Crippen molar-refractivity contribution in [1.29, 1.82) is 0 Å². The van der Waals surface area contributed by atoms with E-state index in [0.717, 1.165) is 6.92 Å². The van der Waals surface area contributed by atoms with Gasteiger partial charge < -0.3 is 10.2 Å². The number of carboxylic acid groups (broad SMARTS) is 1. The van der Waals surface area contributed by atoms with Crippen molar-refractivity contribution in [2.75, 3.05) is 0 Å². The number of hydrogen-bond acceptors (Lipinski definition) is 2. The normalized spacial score (nSPS) is 30.8.